The molecule has 1 N–H and O–H groups in total. The van der Waals surface area contributed by atoms with Crippen LogP contribution in [0.4, 0.5) is 4.39 Å². The van der Waals surface area contributed by atoms with E-state index in [1.54, 1.807) is 6.92 Å². The molecule has 1 amide bonds. The van der Waals surface area contributed by atoms with E-state index in [1.165, 1.54) is 31.4 Å². The molecule has 0 fully saturated rings. The zero-order valence-electron chi connectivity index (χ0n) is 10.4. The molecule has 4 nitrogen and oxygen atoms in total. The Bertz CT molecular complexity index is 417. The third-order valence-electron chi connectivity index (χ3n) is 2.51. The molecule has 1 rings (SSSR count). The molecular formula is C13H16FNO3. The SMILES string of the molecule is CC[C@@H](NC(=O)Cc1ccc(F)cc1)C(=O)OC. The smallest absolute Gasteiger partial charge is 0.328 e. The minimum Gasteiger partial charge on any atom is -0.467 e. The number of hydrogen-bond acceptors (Lipinski definition) is 3. The lowest BCUT2D eigenvalue weighted by Crippen LogP contribution is -2.41. The summed E-state index contributed by atoms with van der Waals surface area (Å²) in [4.78, 5) is 23.0. The summed E-state index contributed by atoms with van der Waals surface area (Å²) in [6.07, 6.45) is 0.565. The number of ether oxygens (including phenoxy) is 1. The Morgan fingerprint density at radius 3 is 2.44 bits per heavy atom. The molecule has 0 spiro atoms. The first-order valence-electron chi connectivity index (χ1n) is 5.68. The van der Waals surface area contributed by atoms with Gasteiger partial charge in [-0.05, 0) is 24.1 Å². The molecule has 0 saturated carbocycles. The van der Waals surface area contributed by atoms with Crippen LogP contribution in [0.3, 0.4) is 0 Å². The second kappa shape index (κ2) is 6.74. The summed E-state index contributed by atoms with van der Waals surface area (Å²) >= 11 is 0. The fraction of sp³-hybridized carbons (Fsp3) is 0.385. The van der Waals surface area contributed by atoms with Crippen LogP contribution < -0.4 is 5.32 Å². The summed E-state index contributed by atoms with van der Waals surface area (Å²) in [6.45, 7) is 1.78. The van der Waals surface area contributed by atoms with Gasteiger partial charge in [0.25, 0.3) is 0 Å². The van der Waals surface area contributed by atoms with Crippen LogP contribution in [0.5, 0.6) is 0 Å². The zero-order valence-corrected chi connectivity index (χ0v) is 10.4. The molecule has 0 aliphatic carbocycles. The lowest BCUT2D eigenvalue weighted by molar-refractivity contribution is -0.145. The standard InChI is InChI=1S/C13H16FNO3/c1-3-11(13(17)18-2)15-12(16)8-9-4-6-10(14)7-5-9/h4-7,11H,3,8H2,1-2H3,(H,15,16)/t11-/m1/s1. The number of carbonyl (C=O) groups excluding carboxylic acids is 2. The molecule has 0 aliphatic heterocycles. The van der Waals surface area contributed by atoms with E-state index in [1.807, 2.05) is 0 Å². The number of nitrogens with one attached hydrogen (secondary N) is 1. The summed E-state index contributed by atoms with van der Waals surface area (Å²) in [6, 6.07) is 5.02. The molecule has 1 aromatic rings. The molecule has 0 aliphatic rings. The van der Waals surface area contributed by atoms with Crippen LogP contribution in [0, 0.1) is 5.82 Å². The first kappa shape index (κ1) is 14.2. The van der Waals surface area contributed by atoms with Gasteiger partial charge in [0.2, 0.25) is 5.91 Å². The number of esters is 1. The van der Waals surface area contributed by atoms with Crippen molar-refractivity contribution in [3.05, 3.63) is 35.6 Å². The number of methoxy groups -OCH3 is 1. The number of benzene rings is 1. The molecule has 0 unspecified atom stereocenters. The van der Waals surface area contributed by atoms with Crippen molar-refractivity contribution in [3.63, 3.8) is 0 Å². The zero-order chi connectivity index (χ0) is 13.5. The van der Waals surface area contributed by atoms with Gasteiger partial charge in [0.1, 0.15) is 11.9 Å². The minimum absolute atomic E-state index is 0.105. The summed E-state index contributed by atoms with van der Waals surface area (Å²) in [5, 5.41) is 2.57. The first-order valence-corrected chi connectivity index (χ1v) is 5.68. The van der Waals surface area contributed by atoms with Gasteiger partial charge in [-0.2, -0.15) is 0 Å². The highest BCUT2D eigenvalue weighted by Crippen LogP contribution is 2.04. The Hall–Kier alpha value is -1.91. The third-order valence-corrected chi connectivity index (χ3v) is 2.51. The minimum atomic E-state index is -0.636. The Labute approximate surface area is 105 Å². The molecular weight excluding hydrogens is 237 g/mol. The van der Waals surface area contributed by atoms with Crippen molar-refractivity contribution in [2.45, 2.75) is 25.8 Å². The number of halogens is 1. The van der Waals surface area contributed by atoms with Crippen molar-refractivity contribution in [2.75, 3.05) is 7.11 Å². The highest BCUT2D eigenvalue weighted by Gasteiger charge is 2.19. The van der Waals surface area contributed by atoms with E-state index in [-0.39, 0.29) is 18.1 Å². The van der Waals surface area contributed by atoms with Crippen molar-refractivity contribution >= 4 is 11.9 Å². The van der Waals surface area contributed by atoms with E-state index in [4.69, 9.17) is 0 Å². The average Bonchev–Trinajstić information content (AvgIpc) is 2.37. The molecule has 0 radical (unpaired) electrons. The maximum Gasteiger partial charge on any atom is 0.328 e. The Balaban J connectivity index is 2.55. The van der Waals surface area contributed by atoms with Crippen LogP contribution >= 0.6 is 0 Å². The molecule has 1 atom stereocenters. The predicted molar refractivity (Wildman–Crippen MR) is 64.3 cm³/mol. The second-order valence-electron chi connectivity index (χ2n) is 3.85. The predicted octanol–water partition coefficient (Wildman–Crippen LogP) is 1.44. The summed E-state index contributed by atoms with van der Waals surface area (Å²) in [5.74, 6) is -1.11. The Morgan fingerprint density at radius 1 is 1.33 bits per heavy atom. The van der Waals surface area contributed by atoms with Gasteiger partial charge in [0.15, 0.2) is 0 Å². The fourth-order valence-corrected chi connectivity index (χ4v) is 1.50. The lowest BCUT2D eigenvalue weighted by atomic mass is 10.1. The number of rotatable bonds is 5. The van der Waals surface area contributed by atoms with Crippen molar-refractivity contribution in [3.8, 4) is 0 Å². The van der Waals surface area contributed by atoms with Gasteiger partial charge in [-0.15, -0.1) is 0 Å². The quantitative estimate of drug-likeness (QED) is 0.808. The highest BCUT2D eigenvalue weighted by molar-refractivity contribution is 5.85. The van der Waals surface area contributed by atoms with E-state index >= 15 is 0 Å². The molecule has 0 saturated heterocycles. The normalized spacial score (nSPS) is 11.7. The van der Waals surface area contributed by atoms with Gasteiger partial charge < -0.3 is 10.1 Å². The monoisotopic (exact) mass is 253 g/mol. The molecule has 0 bridgehead atoms. The van der Waals surface area contributed by atoms with Crippen LogP contribution in [0.2, 0.25) is 0 Å². The van der Waals surface area contributed by atoms with Crippen LogP contribution in [0.15, 0.2) is 24.3 Å². The summed E-state index contributed by atoms with van der Waals surface area (Å²) < 4.78 is 17.2. The van der Waals surface area contributed by atoms with E-state index in [9.17, 15) is 14.0 Å². The topological polar surface area (TPSA) is 55.4 Å². The highest BCUT2D eigenvalue weighted by atomic mass is 19.1. The molecule has 0 heterocycles. The van der Waals surface area contributed by atoms with Crippen molar-refractivity contribution in [1.29, 1.82) is 0 Å². The van der Waals surface area contributed by atoms with Gasteiger partial charge in [0.05, 0.1) is 13.5 Å². The number of amides is 1. The van der Waals surface area contributed by atoms with E-state index < -0.39 is 12.0 Å². The summed E-state index contributed by atoms with van der Waals surface area (Å²) in [7, 11) is 1.27. The van der Waals surface area contributed by atoms with E-state index in [2.05, 4.69) is 10.1 Å². The fourth-order valence-electron chi connectivity index (χ4n) is 1.50. The largest absolute Gasteiger partial charge is 0.467 e. The number of carbonyl (C=O) groups is 2. The van der Waals surface area contributed by atoms with Crippen LogP contribution in [-0.4, -0.2) is 25.0 Å². The van der Waals surface area contributed by atoms with Gasteiger partial charge in [0, 0.05) is 0 Å². The van der Waals surface area contributed by atoms with Gasteiger partial charge in [-0.25, -0.2) is 9.18 Å². The Morgan fingerprint density at radius 2 is 1.94 bits per heavy atom. The van der Waals surface area contributed by atoms with Crippen molar-refractivity contribution < 1.29 is 18.7 Å². The maximum atomic E-state index is 12.7. The van der Waals surface area contributed by atoms with Crippen molar-refractivity contribution in [1.82, 2.24) is 5.32 Å². The maximum absolute atomic E-state index is 12.7. The second-order valence-corrected chi connectivity index (χ2v) is 3.85. The molecule has 98 valence electrons. The lowest BCUT2D eigenvalue weighted by Gasteiger charge is -2.14. The van der Waals surface area contributed by atoms with Crippen LogP contribution in [0.25, 0.3) is 0 Å². The van der Waals surface area contributed by atoms with E-state index in [0.29, 0.717) is 12.0 Å². The molecule has 5 heteroatoms. The molecule has 18 heavy (non-hydrogen) atoms. The van der Waals surface area contributed by atoms with Crippen molar-refractivity contribution in [2.24, 2.45) is 0 Å². The molecule has 1 aromatic carbocycles. The van der Waals surface area contributed by atoms with Gasteiger partial charge in [-0.1, -0.05) is 19.1 Å². The first-order chi connectivity index (χ1) is 8.56. The summed E-state index contributed by atoms with van der Waals surface area (Å²) in [5.41, 5.74) is 0.689. The van der Waals surface area contributed by atoms with Gasteiger partial charge in [-0.3, -0.25) is 4.79 Å². The molecule has 0 aromatic heterocycles. The average molecular weight is 253 g/mol. The van der Waals surface area contributed by atoms with E-state index in [0.717, 1.165) is 0 Å². The Kier molecular flexibility index (Phi) is 5.30. The van der Waals surface area contributed by atoms with Gasteiger partial charge >= 0.3 is 5.97 Å². The third kappa shape index (κ3) is 4.16. The number of hydrogen-bond donors (Lipinski definition) is 1. The van der Waals surface area contributed by atoms with Crippen LogP contribution in [0.1, 0.15) is 18.9 Å². The van der Waals surface area contributed by atoms with Crippen LogP contribution in [-0.2, 0) is 20.7 Å².